The molecule has 1 aliphatic heterocycles. The second kappa shape index (κ2) is 10.1. The van der Waals surface area contributed by atoms with E-state index in [9.17, 15) is 18.0 Å². The number of carbonyl (C=O) groups is 2. The molecule has 1 aromatic heterocycles. The second-order valence-corrected chi connectivity index (χ2v) is 10.1. The number of aryl methyl sites for hydroxylation is 1. The first-order valence-corrected chi connectivity index (χ1v) is 12.6. The Morgan fingerprint density at radius 3 is 2.47 bits per heavy atom. The van der Waals surface area contributed by atoms with Gasteiger partial charge in [0.15, 0.2) is 0 Å². The van der Waals surface area contributed by atoms with Crippen molar-refractivity contribution in [2.75, 3.05) is 17.8 Å². The van der Waals surface area contributed by atoms with Gasteiger partial charge in [-0.25, -0.2) is 8.42 Å². The standard InChI is InChI=1S/C25H27N3O5S/c1-18-6-12-23(13-7-18)34(31,32)27-21-10-8-19(9-11-21)25(30)28-14-2-4-20(17-28)24(29)26-16-22-5-3-15-33-22/h3,5-13,15,20,27H,2,4,14,16-17H2,1H3,(H,26,29). The minimum atomic E-state index is -3.72. The molecule has 2 aromatic carbocycles. The van der Waals surface area contributed by atoms with E-state index in [4.69, 9.17) is 4.42 Å². The first kappa shape index (κ1) is 23.6. The molecule has 9 heteroatoms. The molecule has 34 heavy (non-hydrogen) atoms. The lowest BCUT2D eigenvalue weighted by Gasteiger charge is -2.32. The molecular formula is C25H27N3O5S. The number of likely N-dealkylation sites (tertiary alicyclic amines) is 1. The number of rotatable bonds is 7. The maximum absolute atomic E-state index is 13.0. The van der Waals surface area contributed by atoms with Crippen LogP contribution in [0.4, 0.5) is 5.69 Å². The van der Waals surface area contributed by atoms with Crippen molar-refractivity contribution in [3.05, 3.63) is 83.8 Å². The van der Waals surface area contributed by atoms with E-state index in [1.54, 1.807) is 71.8 Å². The van der Waals surface area contributed by atoms with Gasteiger partial charge in [-0.1, -0.05) is 17.7 Å². The van der Waals surface area contributed by atoms with Crippen molar-refractivity contribution in [3.8, 4) is 0 Å². The van der Waals surface area contributed by atoms with Gasteiger partial charge < -0.3 is 14.6 Å². The van der Waals surface area contributed by atoms with Crippen LogP contribution in [0.2, 0.25) is 0 Å². The molecule has 0 aliphatic carbocycles. The van der Waals surface area contributed by atoms with Crippen LogP contribution in [0.3, 0.4) is 0 Å². The quantitative estimate of drug-likeness (QED) is 0.536. The van der Waals surface area contributed by atoms with Gasteiger partial charge in [-0.2, -0.15) is 0 Å². The SMILES string of the molecule is Cc1ccc(S(=O)(=O)Nc2ccc(C(=O)N3CCCC(C(=O)NCc4ccco4)C3)cc2)cc1. The molecule has 1 unspecified atom stereocenters. The summed E-state index contributed by atoms with van der Waals surface area (Å²) >= 11 is 0. The predicted molar refractivity (Wildman–Crippen MR) is 128 cm³/mol. The lowest BCUT2D eigenvalue weighted by atomic mass is 9.96. The predicted octanol–water partition coefficient (Wildman–Crippen LogP) is 3.56. The highest BCUT2D eigenvalue weighted by atomic mass is 32.2. The molecule has 2 heterocycles. The first-order valence-electron chi connectivity index (χ1n) is 11.1. The van der Waals surface area contributed by atoms with Crippen molar-refractivity contribution < 1.29 is 22.4 Å². The highest BCUT2D eigenvalue weighted by Crippen LogP contribution is 2.21. The Kier molecular flexibility index (Phi) is 7.02. The zero-order valence-electron chi connectivity index (χ0n) is 18.9. The van der Waals surface area contributed by atoms with Crippen LogP contribution in [0.15, 0.2) is 76.2 Å². The molecule has 1 aliphatic rings. The van der Waals surface area contributed by atoms with E-state index in [0.29, 0.717) is 43.1 Å². The van der Waals surface area contributed by atoms with Crippen LogP contribution in [0.25, 0.3) is 0 Å². The summed E-state index contributed by atoms with van der Waals surface area (Å²) < 4.78 is 32.9. The molecule has 0 spiro atoms. The largest absolute Gasteiger partial charge is 0.467 e. The van der Waals surface area contributed by atoms with E-state index < -0.39 is 10.0 Å². The zero-order valence-corrected chi connectivity index (χ0v) is 19.7. The Morgan fingerprint density at radius 1 is 1.06 bits per heavy atom. The third-order valence-electron chi connectivity index (χ3n) is 5.81. The molecule has 178 valence electrons. The number of furan rings is 1. The fourth-order valence-electron chi connectivity index (χ4n) is 3.90. The van der Waals surface area contributed by atoms with Crippen LogP contribution in [0.1, 0.15) is 34.5 Å². The van der Waals surface area contributed by atoms with Gasteiger partial charge in [-0.15, -0.1) is 0 Å². The summed E-state index contributed by atoms with van der Waals surface area (Å²) in [4.78, 5) is 27.4. The average molecular weight is 482 g/mol. The Morgan fingerprint density at radius 2 is 1.79 bits per heavy atom. The third kappa shape index (κ3) is 5.66. The topological polar surface area (TPSA) is 109 Å². The van der Waals surface area contributed by atoms with E-state index in [1.807, 2.05) is 6.92 Å². The van der Waals surface area contributed by atoms with Crippen LogP contribution in [0, 0.1) is 12.8 Å². The average Bonchev–Trinajstić information content (AvgIpc) is 3.36. The van der Waals surface area contributed by atoms with Crippen LogP contribution in [-0.2, 0) is 21.4 Å². The van der Waals surface area contributed by atoms with Gasteiger partial charge in [0.1, 0.15) is 5.76 Å². The number of anilines is 1. The molecule has 0 saturated carbocycles. The van der Waals surface area contributed by atoms with Gasteiger partial charge in [-0.3, -0.25) is 14.3 Å². The fraction of sp³-hybridized carbons (Fsp3) is 0.280. The molecule has 4 rings (SSSR count). The highest BCUT2D eigenvalue weighted by Gasteiger charge is 2.29. The molecule has 8 nitrogen and oxygen atoms in total. The summed E-state index contributed by atoms with van der Waals surface area (Å²) in [6.07, 6.45) is 3.01. The Bertz CT molecular complexity index is 1240. The summed E-state index contributed by atoms with van der Waals surface area (Å²) in [6, 6.07) is 16.4. The summed E-state index contributed by atoms with van der Waals surface area (Å²) in [5.41, 5.74) is 1.78. The van der Waals surface area contributed by atoms with Crippen molar-refractivity contribution in [1.29, 1.82) is 0 Å². The number of benzene rings is 2. The zero-order chi connectivity index (χ0) is 24.1. The number of hydrogen-bond donors (Lipinski definition) is 2. The third-order valence-corrected chi connectivity index (χ3v) is 7.21. The van der Waals surface area contributed by atoms with Crippen molar-refractivity contribution in [3.63, 3.8) is 0 Å². The first-order chi connectivity index (χ1) is 16.3. The molecule has 2 amide bonds. The van der Waals surface area contributed by atoms with Crippen molar-refractivity contribution in [2.45, 2.75) is 31.2 Å². The molecular weight excluding hydrogens is 454 g/mol. The van der Waals surface area contributed by atoms with Crippen LogP contribution >= 0.6 is 0 Å². The molecule has 1 atom stereocenters. The molecule has 2 N–H and O–H groups in total. The minimum absolute atomic E-state index is 0.102. The number of nitrogens with one attached hydrogen (secondary N) is 2. The molecule has 1 saturated heterocycles. The minimum Gasteiger partial charge on any atom is -0.467 e. The molecule has 0 bridgehead atoms. The Hall–Kier alpha value is -3.59. The van der Waals surface area contributed by atoms with Gasteiger partial charge in [-0.05, 0) is 68.3 Å². The second-order valence-electron chi connectivity index (χ2n) is 8.38. The smallest absolute Gasteiger partial charge is 0.261 e. The monoisotopic (exact) mass is 481 g/mol. The van der Waals surface area contributed by atoms with Gasteiger partial charge in [0.25, 0.3) is 15.9 Å². The summed E-state index contributed by atoms with van der Waals surface area (Å²) in [5, 5.41) is 2.86. The summed E-state index contributed by atoms with van der Waals surface area (Å²) in [7, 11) is -3.72. The number of nitrogens with zero attached hydrogens (tertiary/aromatic N) is 1. The maximum Gasteiger partial charge on any atom is 0.261 e. The van der Waals surface area contributed by atoms with Crippen LogP contribution in [-0.4, -0.2) is 38.2 Å². The number of sulfonamides is 1. The molecule has 3 aromatic rings. The summed E-state index contributed by atoms with van der Waals surface area (Å²) in [6.45, 7) is 3.11. The number of piperidine rings is 1. The van der Waals surface area contributed by atoms with E-state index in [2.05, 4.69) is 10.0 Å². The normalized spacial score (nSPS) is 16.1. The van der Waals surface area contributed by atoms with Gasteiger partial charge in [0.05, 0.1) is 23.6 Å². The Balaban J connectivity index is 1.36. The Labute approximate surface area is 199 Å². The number of amides is 2. The van der Waals surface area contributed by atoms with Crippen molar-refractivity contribution >= 4 is 27.5 Å². The maximum atomic E-state index is 13.0. The molecule has 1 fully saturated rings. The number of hydrogen-bond acceptors (Lipinski definition) is 5. The van der Waals surface area contributed by atoms with Crippen LogP contribution < -0.4 is 10.0 Å². The van der Waals surface area contributed by atoms with E-state index in [0.717, 1.165) is 12.0 Å². The fourth-order valence-corrected chi connectivity index (χ4v) is 4.96. The highest BCUT2D eigenvalue weighted by molar-refractivity contribution is 7.92. The van der Waals surface area contributed by atoms with Gasteiger partial charge >= 0.3 is 0 Å². The lowest BCUT2D eigenvalue weighted by molar-refractivity contribution is -0.126. The number of carbonyl (C=O) groups excluding carboxylic acids is 2. The van der Waals surface area contributed by atoms with Gasteiger partial charge in [0.2, 0.25) is 5.91 Å². The van der Waals surface area contributed by atoms with Gasteiger partial charge in [0, 0.05) is 24.3 Å². The van der Waals surface area contributed by atoms with E-state index >= 15 is 0 Å². The van der Waals surface area contributed by atoms with Crippen molar-refractivity contribution in [2.24, 2.45) is 5.92 Å². The lowest BCUT2D eigenvalue weighted by Crippen LogP contribution is -2.45. The van der Waals surface area contributed by atoms with E-state index in [1.165, 1.54) is 0 Å². The van der Waals surface area contributed by atoms with E-state index in [-0.39, 0.29) is 22.6 Å². The van der Waals surface area contributed by atoms with Crippen LogP contribution in [0.5, 0.6) is 0 Å². The summed E-state index contributed by atoms with van der Waals surface area (Å²) in [5.74, 6) is 0.106. The molecule has 0 radical (unpaired) electrons. The van der Waals surface area contributed by atoms with Crippen molar-refractivity contribution in [1.82, 2.24) is 10.2 Å².